The number of fused-ring (bicyclic) bond motifs is 5. The van der Waals surface area contributed by atoms with Gasteiger partial charge in [-0.3, -0.25) is 0 Å². The first-order valence-electron chi connectivity index (χ1n) is 20.9. The highest BCUT2D eigenvalue weighted by atomic mass is 32.2. The molecule has 0 radical (unpaired) electrons. The fourth-order valence-corrected chi connectivity index (χ4v) is 11.4. The van der Waals surface area contributed by atoms with Crippen molar-refractivity contribution in [3.8, 4) is 5.75 Å². The maximum Gasteiger partial charge on any atom is 0.453 e. The standard InChI is InChI=1S/C42H63F5O5S/c1-40-23-21-31-30-18-17-29(51-36-15-8-10-24-49-36)28-33(30)39(48)32(38(31)34(40)19-20-35(40)52-37-16-9-11-25-50-37)14-7-5-3-2-4-6-12-26-53-27-13-22-41(43,44)42(45,46)47/h17-18,28,31-32,34-39,48H,2-16,19-27H2,1H3/t31-,32+,34+,35+,36-,37+,38+,39+,40+/m1/s1. The first-order valence-corrected chi connectivity index (χ1v) is 22.0. The molecule has 6 rings (SSSR count). The van der Waals surface area contributed by atoms with E-state index in [0.717, 1.165) is 146 Å². The van der Waals surface area contributed by atoms with Gasteiger partial charge in [0.15, 0.2) is 12.6 Å². The molecular formula is C42H63F5O5S. The van der Waals surface area contributed by atoms with E-state index in [2.05, 4.69) is 25.1 Å². The largest absolute Gasteiger partial charge is 0.465 e. The normalized spacial score (nSPS) is 33.3. The molecule has 2 saturated heterocycles. The molecule has 2 aliphatic heterocycles. The minimum absolute atomic E-state index is 0.0747. The number of alkyl halides is 5. The zero-order valence-corrected chi connectivity index (χ0v) is 32.5. The summed E-state index contributed by atoms with van der Waals surface area (Å²) in [6.07, 6.45) is 11.9. The number of rotatable bonds is 18. The van der Waals surface area contributed by atoms with Gasteiger partial charge in [0, 0.05) is 19.4 Å². The molecule has 11 heteroatoms. The van der Waals surface area contributed by atoms with Crippen LogP contribution in [0.1, 0.15) is 158 Å². The minimum Gasteiger partial charge on any atom is -0.465 e. The van der Waals surface area contributed by atoms with Crippen LogP contribution in [-0.4, -0.2) is 60.6 Å². The van der Waals surface area contributed by atoms with Gasteiger partial charge in [0.2, 0.25) is 0 Å². The number of ether oxygens (including phenoxy) is 4. The summed E-state index contributed by atoms with van der Waals surface area (Å²) in [7, 11) is 0. The van der Waals surface area contributed by atoms with Crippen molar-refractivity contribution in [2.45, 2.75) is 178 Å². The molecule has 1 aromatic rings. The van der Waals surface area contributed by atoms with Crippen molar-refractivity contribution in [2.75, 3.05) is 24.7 Å². The lowest BCUT2D eigenvalue weighted by Gasteiger charge is -2.55. The maximum atomic E-state index is 13.1. The van der Waals surface area contributed by atoms with Gasteiger partial charge in [-0.2, -0.15) is 33.7 Å². The summed E-state index contributed by atoms with van der Waals surface area (Å²) in [5, 5.41) is 12.2. The predicted octanol–water partition coefficient (Wildman–Crippen LogP) is 11.9. The Balaban J connectivity index is 1.01. The highest BCUT2D eigenvalue weighted by molar-refractivity contribution is 7.99. The molecule has 0 unspecified atom stereocenters. The van der Waals surface area contributed by atoms with Crippen LogP contribution in [0.3, 0.4) is 0 Å². The number of benzene rings is 1. The van der Waals surface area contributed by atoms with Crippen molar-refractivity contribution < 1.29 is 46.0 Å². The zero-order chi connectivity index (χ0) is 37.5. The summed E-state index contributed by atoms with van der Waals surface area (Å²) in [6, 6.07) is 6.43. The molecule has 0 bridgehead atoms. The summed E-state index contributed by atoms with van der Waals surface area (Å²) in [5.41, 5.74) is 2.42. The summed E-state index contributed by atoms with van der Waals surface area (Å²) in [4.78, 5) is 0. The molecule has 2 saturated carbocycles. The lowest BCUT2D eigenvalue weighted by molar-refractivity contribution is -0.284. The monoisotopic (exact) mass is 774 g/mol. The summed E-state index contributed by atoms with van der Waals surface area (Å²) in [5.74, 6) is -1.19. The third-order valence-corrected chi connectivity index (χ3v) is 14.5. The number of aliphatic hydroxyl groups excluding tert-OH is 1. The Morgan fingerprint density at radius 2 is 1.47 bits per heavy atom. The molecule has 1 N–H and O–H groups in total. The van der Waals surface area contributed by atoms with Crippen LogP contribution in [0.2, 0.25) is 0 Å². The Morgan fingerprint density at radius 3 is 2.17 bits per heavy atom. The first-order chi connectivity index (χ1) is 25.5. The van der Waals surface area contributed by atoms with Crippen LogP contribution in [0.25, 0.3) is 0 Å². The van der Waals surface area contributed by atoms with Crippen LogP contribution in [0.4, 0.5) is 22.0 Å². The maximum absolute atomic E-state index is 13.1. The highest BCUT2D eigenvalue weighted by Gasteiger charge is 2.59. The molecule has 0 amide bonds. The first kappa shape index (κ1) is 41.5. The van der Waals surface area contributed by atoms with Crippen molar-refractivity contribution in [3.63, 3.8) is 0 Å². The third-order valence-electron chi connectivity index (χ3n) is 13.3. The predicted molar refractivity (Wildman–Crippen MR) is 198 cm³/mol. The topological polar surface area (TPSA) is 57.2 Å². The summed E-state index contributed by atoms with van der Waals surface area (Å²) < 4.78 is 88.0. The second-order valence-corrected chi connectivity index (χ2v) is 18.1. The number of aliphatic hydroxyl groups is 1. The van der Waals surface area contributed by atoms with Gasteiger partial charge in [0.1, 0.15) is 5.75 Å². The molecule has 3 aliphatic carbocycles. The van der Waals surface area contributed by atoms with Crippen molar-refractivity contribution >= 4 is 11.8 Å². The third kappa shape index (κ3) is 10.2. The van der Waals surface area contributed by atoms with E-state index >= 15 is 0 Å². The second-order valence-electron chi connectivity index (χ2n) is 16.8. The van der Waals surface area contributed by atoms with Gasteiger partial charge in [-0.1, -0.05) is 51.5 Å². The molecule has 9 atom stereocenters. The summed E-state index contributed by atoms with van der Waals surface area (Å²) in [6.45, 7) is 3.97. The van der Waals surface area contributed by atoms with Crippen LogP contribution < -0.4 is 4.74 Å². The Hall–Kier alpha value is -1.14. The van der Waals surface area contributed by atoms with E-state index in [0.29, 0.717) is 23.5 Å². The lowest BCUT2D eigenvalue weighted by atomic mass is 9.51. The Kier molecular flexibility index (Phi) is 14.8. The van der Waals surface area contributed by atoms with Crippen LogP contribution in [-0.2, 0) is 14.2 Å². The van der Waals surface area contributed by atoms with E-state index in [1.807, 2.05) is 0 Å². The van der Waals surface area contributed by atoms with Crippen molar-refractivity contribution in [1.29, 1.82) is 0 Å². The zero-order valence-electron chi connectivity index (χ0n) is 31.7. The highest BCUT2D eigenvalue weighted by Crippen LogP contribution is 2.65. The Labute approximate surface area is 318 Å². The Bertz CT molecular complexity index is 1270. The second kappa shape index (κ2) is 18.9. The average molecular weight is 775 g/mol. The quantitative estimate of drug-likeness (QED) is 0.118. The van der Waals surface area contributed by atoms with Crippen LogP contribution in [0.5, 0.6) is 5.75 Å². The average Bonchev–Trinajstić information content (AvgIpc) is 3.47. The van der Waals surface area contributed by atoms with E-state index in [1.54, 1.807) is 0 Å². The van der Waals surface area contributed by atoms with E-state index < -0.39 is 24.6 Å². The van der Waals surface area contributed by atoms with E-state index in [-0.39, 0.29) is 36.4 Å². The fourth-order valence-electron chi connectivity index (χ4n) is 10.4. The van der Waals surface area contributed by atoms with Gasteiger partial charge in [0.05, 0.1) is 18.8 Å². The molecule has 0 spiro atoms. The van der Waals surface area contributed by atoms with Crippen LogP contribution in [0, 0.1) is 23.2 Å². The van der Waals surface area contributed by atoms with Gasteiger partial charge < -0.3 is 24.1 Å². The lowest BCUT2D eigenvalue weighted by Crippen LogP contribution is -2.49. The molecular weight excluding hydrogens is 712 g/mol. The van der Waals surface area contributed by atoms with E-state index in [9.17, 15) is 27.1 Å². The van der Waals surface area contributed by atoms with Crippen LogP contribution >= 0.6 is 11.8 Å². The van der Waals surface area contributed by atoms with Gasteiger partial charge in [0.25, 0.3) is 0 Å². The van der Waals surface area contributed by atoms with Crippen molar-refractivity contribution in [3.05, 3.63) is 29.3 Å². The molecule has 5 aliphatic rings. The number of halogens is 5. The fraction of sp³-hybridized carbons (Fsp3) is 0.857. The molecule has 2 heterocycles. The van der Waals surface area contributed by atoms with Crippen molar-refractivity contribution in [2.24, 2.45) is 23.2 Å². The molecule has 302 valence electrons. The summed E-state index contributed by atoms with van der Waals surface area (Å²) >= 11 is 1.47. The Morgan fingerprint density at radius 1 is 0.792 bits per heavy atom. The number of thioether (sulfide) groups is 1. The van der Waals surface area contributed by atoms with E-state index in [4.69, 9.17) is 18.9 Å². The molecule has 1 aromatic carbocycles. The van der Waals surface area contributed by atoms with E-state index in [1.165, 1.54) is 17.3 Å². The number of unbranched alkanes of at least 4 members (excludes halogenated alkanes) is 6. The van der Waals surface area contributed by atoms with Gasteiger partial charge in [-0.15, -0.1) is 0 Å². The minimum atomic E-state index is -5.46. The number of hydrogen-bond acceptors (Lipinski definition) is 6. The smallest absolute Gasteiger partial charge is 0.453 e. The van der Waals surface area contributed by atoms with Gasteiger partial charge in [-0.05, 0) is 141 Å². The van der Waals surface area contributed by atoms with Gasteiger partial charge in [-0.25, -0.2) is 0 Å². The molecule has 4 fully saturated rings. The molecule has 5 nitrogen and oxygen atoms in total. The molecule has 53 heavy (non-hydrogen) atoms. The number of hydrogen-bond donors (Lipinski definition) is 1. The van der Waals surface area contributed by atoms with Gasteiger partial charge >= 0.3 is 12.1 Å². The van der Waals surface area contributed by atoms with Crippen LogP contribution in [0.15, 0.2) is 18.2 Å². The van der Waals surface area contributed by atoms with Crippen molar-refractivity contribution in [1.82, 2.24) is 0 Å². The SMILES string of the molecule is C[C@]12CC[C@@H]3c4ccc(O[C@@H]5CCCCO5)cc4[C@@H](O)[C@@H](CCCCCCCCCSCCCC(F)(F)C(F)(F)F)[C@H]3[C@@H]1CC[C@@H]2O[C@H]1CCCCO1. The molecule has 0 aromatic heterocycles.